The van der Waals surface area contributed by atoms with Crippen molar-refractivity contribution < 1.29 is 5.11 Å². The van der Waals surface area contributed by atoms with E-state index in [4.69, 9.17) is 5.73 Å². The number of aliphatic hydroxyl groups excluding tert-OH is 1. The fraction of sp³-hybridized carbons (Fsp3) is 1.00. The Morgan fingerprint density at radius 2 is 2.00 bits per heavy atom. The summed E-state index contributed by atoms with van der Waals surface area (Å²) in [7, 11) is 0. The second-order valence-electron chi connectivity index (χ2n) is 5.18. The van der Waals surface area contributed by atoms with Gasteiger partial charge in [0.25, 0.3) is 0 Å². The highest BCUT2D eigenvalue weighted by atomic mass is 16.3. The fourth-order valence-corrected chi connectivity index (χ4v) is 2.70. The molecule has 1 saturated carbocycles. The highest BCUT2D eigenvalue weighted by Crippen LogP contribution is 2.18. The lowest BCUT2D eigenvalue weighted by molar-refractivity contribution is 0.0959. The Kier molecular flexibility index (Phi) is 6.32. The molecule has 0 radical (unpaired) electrons. The van der Waals surface area contributed by atoms with Gasteiger partial charge in [0, 0.05) is 18.6 Å². The smallest absolute Gasteiger partial charge is 0.0692 e. The lowest BCUT2D eigenvalue weighted by atomic mass is 9.91. The third kappa shape index (κ3) is 4.40. The lowest BCUT2D eigenvalue weighted by Crippen LogP contribution is -2.43. The van der Waals surface area contributed by atoms with Gasteiger partial charge in [-0.25, -0.2) is 0 Å². The predicted molar refractivity (Wildman–Crippen MR) is 68.3 cm³/mol. The van der Waals surface area contributed by atoms with Crippen LogP contribution in [0.15, 0.2) is 0 Å². The van der Waals surface area contributed by atoms with Crippen LogP contribution in [0.4, 0.5) is 0 Å². The zero-order chi connectivity index (χ0) is 12.0. The number of aliphatic hydroxyl groups is 1. The Morgan fingerprint density at radius 3 is 2.56 bits per heavy atom. The SMILES string of the molecule is CCC(CC)C(O)CNC1CCCC(N)C1. The number of hydrogen-bond acceptors (Lipinski definition) is 3. The van der Waals surface area contributed by atoms with Gasteiger partial charge in [-0.3, -0.25) is 0 Å². The van der Waals surface area contributed by atoms with Crippen molar-refractivity contribution in [2.45, 2.75) is 70.6 Å². The van der Waals surface area contributed by atoms with Crippen LogP contribution in [0.2, 0.25) is 0 Å². The molecule has 3 nitrogen and oxygen atoms in total. The molecule has 16 heavy (non-hydrogen) atoms. The average Bonchev–Trinajstić information content (AvgIpc) is 2.28. The Hall–Kier alpha value is -0.120. The predicted octanol–water partition coefficient (Wildman–Crippen LogP) is 1.64. The van der Waals surface area contributed by atoms with E-state index in [2.05, 4.69) is 19.2 Å². The topological polar surface area (TPSA) is 58.3 Å². The lowest BCUT2D eigenvalue weighted by Gasteiger charge is -2.29. The fourth-order valence-electron chi connectivity index (χ4n) is 2.70. The van der Waals surface area contributed by atoms with E-state index in [0.29, 0.717) is 18.0 Å². The van der Waals surface area contributed by atoms with E-state index in [1.165, 1.54) is 12.8 Å². The molecule has 1 aliphatic rings. The number of hydrogen-bond donors (Lipinski definition) is 3. The summed E-state index contributed by atoms with van der Waals surface area (Å²) >= 11 is 0. The van der Waals surface area contributed by atoms with Gasteiger partial charge in [0.2, 0.25) is 0 Å². The molecule has 0 spiro atoms. The number of rotatable bonds is 6. The normalized spacial score (nSPS) is 28.3. The van der Waals surface area contributed by atoms with Crippen LogP contribution in [0.1, 0.15) is 52.4 Å². The number of nitrogens with one attached hydrogen (secondary N) is 1. The van der Waals surface area contributed by atoms with E-state index in [1.807, 2.05) is 0 Å². The molecule has 0 aromatic rings. The van der Waals surface area contributed by atoms with Gasteiger partial charge in [-0.1, -0.05) is 33.1 Å². The van der Waals surface area contributed by atoms with Crippen LogP contribution in [0, 0.1) is 5.92 Å². The second kappa shape index (κ2) is 7.25. The highest BCUT2D eigenvalue weighted by Gasteiger charge is 2.21. The molecule has 0 amide bonds. The van der Waals surface area contributed by atoms with Gasteiger partial charge in [-0.15, -0.1) is 0 Å². The van der Waals surface area contributed by atoms with Crippen LogP contribution in [-0.4, -0.2) is 29.8 Å². The van der Waals surface area contributed by atoms with Crippen LogP contribution >= 0.6 is 0 Å². The van der Waals surface area contributed by atoms with E-state index in [1.54, 1.807) is 0 Å². The third-order valence-electron chi connectivity index (χ3n) is 3.92. The standard InChI is InChI=1S/C13H28N2O/c1-3-10(4-2)13(16)9-15-12-7-5-6-11(14)8-12/h10-13,15-16H,3-9,14H2,1-2H3. The molecular weight excluding hydrogens is 200 g/mol. The molecule has 3 unspecified atom stereocenters. The summed E-state index contributed by atoms with van der Waals surface area (Å²) in [4.78, 5) is 0. The maximum Gasteiger partial charge on any atom is 0.0692 e. The summed E-state index contributed by atoms with van der Waals surface area (Å²) in [5.41, 5.74) is 5.94. The first-order valence-corrected chi connectivity index (χ1v) is 6.84. The van der Waals surface area contributed by atoms with Crippen molar-refractivity contribution in [1.82, 2.24) is 5.32 Å². The Bertz CT molecular complexity index is 181. The maximum atomic E-state index is 10.0. The van der Waals surface area contributed by atoms with Crippen molar-refractivity contribution in [1.29, 1.82) is 0 Å². The first kappa shape index (κ1) is 13.9. The Morgan fingerprint density at radius 1 is 1.31 bits per heavy atom. The van der Waals surface area contributed by atoms with Gasteiger partial charge < -0.3 is 16.2 Å². The molecule has 3 heteroatoms. The van der Waals surface area contributed by atoms with Crippen LogP contribution in [0.5, 0.6) is 0 Å². The van der Waals surface area contributed by atoms with E-state index < -0.39 is 0 Å². The molecule has 0 aliphatic heterocycles. The van der Waals surface area contributed by atoms with Crippen molar-refractivity contribution >= 4 is 0 Å². The highest BCUT2D eigenvalue weighted by molar-refractivity contribution is 4.81. The summed E-state index contributed by atoms with van der Waals surface area (Å²) in [6.07, 6.45) is 6.58. The molecule has 4 N–H and O–H groups in total. The summed E-state index contributed by atoms with van der Waals surface area (Å²) in [6, 6.07) is 0.879. The Labute approximate surface area is 99.8 Å². The second-order valence-corrected chi connectivity index (χ2v) is 5.18. The Balaban J connectivity index is 2.22. The molecule has 0 aromatic carbocycles. The van der Waals surface area contributed by atoms with Crippen LogP contribution in [-0.2, 0) is 0 Å². The molecule has 96 valence electrons. The van der Waals surface area contributed by atoms with Gasteiger partial charge in [-0.2, -0.15) is 0 Å². The molecule has 0 aromatic heterocycles. The largest absolute Gasteiger partial charge is 0.392 e. The molecular formula is C13H28N2O. The van der Waals surface area contributed by atoms with Gasteiger partial charge in [0.1, 0.15) is 0 Å². The zero-order valence-corrected chi connectivity index (χ0v) is 10.8. The summed E-state index contributed by atoms with van der Waals surface area (Å²) in [5.74, 6) is 0.435. The van der Waals surface area contributed by atoms with Gasteiger partial charge >= 0.3 is 0 Å². The summed E-state index contributed by atoms with van der Waals surface area (Å²) in [6.45, 7) is 5.02. The number of nitrogens with two attached hydrogens (primary N) is 1. The third-order valence-corrected chi connectivity index (χ3v) is 3.92. The van der Waals surface area contributed by atoms with Crippen molar-refractivity contribution in [2.24, 2.45) is 11.7 Å². The summed E-state index contributed by atoms with van der Waals surface area (Å²) in [5, 5.41) is 13.5. The van der Waals surface area contributed by atoms with E-state index >= 15 is 0 Å². The van der Waals surface area contributed by atoms with Gasteiger partial charge in [0.05, 0.1) is 6.10 Å². The quantitative estimate of drug-likeness (QED) is 0.648. The molecule has 1 rings (SSSR count). The van der Waals surface area contributed by atoms with Crippen molar-refractivity contribution in [3.63, 3.8) is 0 Å². The van der Waals surface area contributed by atoms with Crippen LogP contribution < -0.4 is 11.1 Å². The minimum atomic E-state index is -0.201. The average molecular weight is 228 g/mol. The molecule has 1 fully saturated rings. The van der Waals surface area contributed by atoms with Crippen molar-refractivity contribution in [3.05, 3.63) is 0 Å². The molecule has 0 bridgehead atoms. The zero-order valence-electron chi connectivity index (χ0n) is 10.8. The van der Waals surface area contributed by atoms with Gasteiger partial charge in [0.15, 0.2) is 0 Å². The maximum absolute atomic E-state index is 10.0. The first-order chi connectivity index (χ1) is 7.67. The van der Waals surface area contributed by atoms with Crippen LogP contribution in [0.25, 0.3) is 0 Å². The minimum Gasteiger partial charge on any atom is -0.392 e. The first-order valence-electron chi connectivity index (χ1n) is 6.84. The van der Waals surface area contributed by atoms with Crippen molar-refractivity contribution in [2.75, 3.05) is 6.54 Å². The molecule has 1 aliphatic carbocycles. The molecule has 0 heterocycles. The molecule has 0 saturated heterocycles. The van der Waals surface area contributed by atoms with E-state index in [-0.39, 0.29) is 6.10 Å². The van der Waals surface area contributed by atoms with Crippen LogP contribution in [0.3, 0.4) is 0 Å². The van der Waals surface area contributed by atoms with E-state index in [0.717, 1.165) is 32.2 Å². The summed E-state index contributed by atoms with van der Waals surface area (Å²) < 4.78 is 0. The minimum absolute atomic E-state index is 0.201. The van der Waals surface area contributed by atoms with Gasteiger partial charge in [-0.05, 0) is 25.2 Å². The molecule has 3 atom stereocenters. The van der Waals surface area contributed by atoms with Crippen molar-refractivity contribution in [3.8, 4) is 0 Å². The monoisotopic (exact) mass is 228 g/mol. The van der Waals surface area contributed by atoms with E-state index in [9.17, 15) is 5.11 Å².